The second-order valence-electron chi connectivity index (χ2n) is 3.41. The molecule has 0 radical (unpaired) electrons. The summed E-state index contributed by atoms with van der Waals surface area (Å²) in [6.07, 6.45) is -7.34. The van der Waals surface area contributed by atoms with Crippen molar-refractivity contribution in [3.8, 4) is 0 Å². The van der Waals surface area contributed by atoms with Crippen LogP contribution in [-0.2, 0) is 14.3 Å². The van der Waals surface area contributed by atoms with Gasteiger partial charge in [0.2, 0.25) is 0 Å². The van der Waals surface area contributed by atoms with Crippen molar-refractivity contribution in [2.45, 2.75) is 37.4 Å². The Morgan fingerprint density at radius 3 is 2.47 bits per heavy atom. The highest BCUT2D eigenvalue weighted by atomic mass is 16.5. The number of nitrogens with two attached hydrogens (primary N) is 1. The van der Waals surface area contributed by atoms with Gasteiger partial charge in [0.15, 0.2) is 6.29 Å². The van der Waals surface area contributed by atoms with E-state index < -0.39 is 49.9 Å². The number of ether oxygens (including phenoxy) is 1. The molecule has 100 valence electrons. The lowest BCUT2D eigenvalue weighted by Crippen LogP contribution is -2.47. The Morgan fingerprint density at radius 1 is 1.41 bits per heavy atom. The molecule has 0 aliphatic carbocycles. The van der Waals surface area contributed by atoms with Crippen LogP contribution < -0.4 is 5.73 Å². The molecule has 8 heteroatoms. The Hall–Kier alpha value is -1.06. The Balaban J connectivity index is 4.20. The van der Waals surface area contributed by atoms with Crippen LogP contribution in [0.2, 0.25) is 0 Å². The number of aldehydes is 1. The molecule has 0 aliphatic heterocycles. The highest BCUT2D eigenvalue weighted by Crippen LogP contribution is 2.05. The van der Waals surface area contributed by atoms with Crippen LogP contribution in [0.1, 0.15) is 8.27 Å². The Bertz CT molecular complexity index is 278. The Labute approximate surface area is 99.0 Å². The maximum Gasteiger partial charge on any atom is 0.322 e. The number of esters is 1. The van der Waals surface area contributed by atoms with Gasteiger partial charge in [-0.2, -0.15) is 0 Å². The van der Waals surface area contributed by atoms with Gasteiger partial charge in [-0.05, 0) is 6.90 Å². The van der Waals surface area contributed by atoms with E-state index in [1.807, 2.05) is 0 Å². The minimum Gasteiger partial charge on any atom is -0.462 e. The molecule has 0 amide bonds. The van der Waals surface area contributed by atoms with E-state index in [0.717, 1.165) is 0 Å². The lowest BCUT2D eigenvalue weighted by Gasteiger charge is -2.24. The third-order valence-electron chi connectivity index (χ3n) is 1.93. The lowest BCUT2D eigenvalue weighted by atomic mass is 10.0. The van der Waals surface area contributed by atoms with Crippen molar-refractivity contribution < 1.29 is 36.1 Å². The molecule has 0 aromatic carbocycles. The zero-order chi connectivity index (χ0) is 14.3. The van der Waals surface area contributed by atoms with Crippen molar-refractivity contribution in [2.75, 3.05) is 6.61 Å². The van der Waals surface area contributed by atoms with E-state index >= 15 is 0 Å². The largest absolute Gasteiger partial charge is 0.462 e. The Morgan fingerprint density at radius 2 is 2.00 bits per heavy atom. The van der Waals surface area contributed by atoms with E-state index in [1.165, 1.54) is 0 Å². The number of rotatable bonds is 7. The van der Waals surface area contributed by atoms with Gasteiger partial charge in [-0.1, -0.05) is 0 Å². The summed E-state index contributed by atoms with van der Waals surface area (Å²) in [5, 5.41) is 36.8. The minimum atomic E-state index is -1.90. The summed E-state index contributed by atoms with van der Waals surface area (Å²) >= 11 is 0. The van der Waals surface area contributed by atoms with E-state index in [1.54, 1.807) is 0 Å². The molecule has 0 rings (SSSR count). The fourth-order valence-corrected chi connectivity index (χ4v) is 0.883. The maximum absolute atomic E-state index is 11.0. The zero-order valence-corrected chi connectivity index (χ0v) is 8.97. The van der Waals surface area contributed by atoms with Crippen LogP contribution in [0, 0.1) is 0 Å². The first-order valence-corrected chi connectivity index (χ1v) is 4.74. The van der Waals surface area contributed by atoms with Crippen molar-refractivity contribution in [1.29, 1.82) is 0 Å². The summed E-state index contributed by atoms with van der Waals surface area (Å²) < 4.78 is 11.3. The van der Waals surface area contributed by atoms with Gasteiger partial charge >= 0.3 is 5.97 Å². The summed E-state index contributed by atoms with van der Waals surface area (Å²) in [7, 11) is 0. The molecular formula is C9H17NO7. The molecule has 0 spiro atoms. The molecule has 6 N–H and O–H groups in total. The van der Waals surface area contributed by atoms with Crippen LogP contribution in [0.25, 0.3) is 0 Å². The van der Waals surface area contributed by atoms with Gasteiger partial charge in [0.1, 0.15) is 37.1 Å². The van der Waals surface area contributed by atoms with Gasteiger partial charge < -0.3 is 35.7 Å². The fraction of sp³-hybridized carbons (Fsp3) is 0.778. The SMILES string of the molecule is [2H]C[C@H](N)C(=O)OC[C@@H](O)[C@@H](O)[C@H](O)[C@@H](O)C=O. The van der Waals surface area contributed by atoms with Crippen molar-refractivity contribution in [3.05, 3.63) is 0 Å². The standard InChI is InChI=1S/C9H17NO7/c1-4(10)9(16)17-3-6(13)8(15)7(14)5(12)2-11/h2,4-8,12-15H,3,10H2,1H3/t4-,5-,6+,7+,8+/m0/s1/i1D. The van der Waals surface area contributed by atoms with E-state index in [2.05, 4.69) is 4.74 Å². The number of hydrogen-bond acceptors (Lipinski definition) is 8. The predicted octanol–water partition coefficient (Wildman–Crippen LogP) is -3.48. The molecule has 0 fully saturated rings. The van der Waals surface area contributed by atoms with Gasteiger partial charge in [-0.3, -0.25) is 4.79 Å². The van der Waals surface area contributed by atoms with Crippen molar-refractivity contribution in [3.63, 3.8) is 0 Å². The number of carbonyl (C=O) groups is 2. The van der Waals surface area contributed by atoms with Crippen LogP contribution in [0.5, 0.6) is 0 Å². The normalized spacial score (nSPS) is 20.6. The number of aliphatic hydroxyl groups excluding tert-OH is 4. The second kappa shape index (κ2) is 7.30. The maximum atomic E-state index is 11.0. The van der Waals surface area contributed by atoms with Gasteiger partial charge in [0.05, 0.1) is 0 Å². The average molecular weight is 252 g/mol. The van der Waals surface area contributed by atoms with Gasteiger partial charge in [-0.15, -0.1) is 0 Å². The molecule has 0 aromatic rings. The molecule has 5 atom stereocenters. The number of aliphatic hydroxyl groups is 4. The van der Waals surface area contributed by atoms with E-state index in [0.29, 0.717) is 0 Å². The van der Waals surface area contributed by atoms with Crippen molar-refractivity contribution in [2.24, 2.45) is 5.73 Å². The summed E-state index contributed by atoms with van der Waals surface area (Å²) in [5.41, 5.74) is 5.17. The summed E-state index contributed by atoms with van der Waals surface area (Å²) in [4.78, 5) is 21.2. The molecule has 0 unspecified atom stereocenters. The zero-order valence-electron chi connectivity index (χ0n) is 9.97. The third kappa shape index (κ3) is 5.20. The minimum absolute atomic E-state index is 0.0113. The first-order valence-electron chi connectivity index (χ1n) is 5.44. The third-order valence-corrected chi connectivity index (χ3v) is 1.93. The molecule has 0 heterocycles. The molecule has 0 aliphatic rings. The first-order chi connectivity index (χ1) is 8.34. The van der Waals surface area contributed by atoms with Crippen LogP contribution >= 0.6 is 0 Å². The van der Waals surface area contributed by atoms with Gasteiger partial charge in [0.25, 0.3) is 0 Å². The molecule has 0 saturated carbocycles. The van der Waals surface area contributed by atoms with E-state index in [9.17, 15) is 24.9 Å². The summed E-state index contributed by atoms with van der Waals surface area (Å²) in [6, 6.07) is -1.17. The van der Waals surface area contributed by atoms with Gasteiger partial charge in [0, 0.05) is 1.37 Å². The van der Waals surface area contributed by atoms with Crippen LogP contribution in [0.4, 0.5) is 0 Å². The number of carbonyl (C=O) groups excluding carboxylic acids is 2. The lowest BCUT2D eigenvalue weighted by molar-refractivity contribution is -0.157. The van der Waals surface area contributed by atoms with Crippen LogP contribution in [-0.4, -0.2) is 69.7 Å². The summed E-state index contributed by atoms with van der Waals surface area (Å²) in [6.45, 7) is -1.08. The molecule has 0 aromatic heterocycles. The number of hydrogen-bond donors (Lipinski definition) is 5. The van der Waals surface area contributed by atoms with Crippen LogP contribution in [0.15, 0.2) is 0 Å². The fourth-order valence-electron chi connectivity index (χ4n) is 0.883. The van der Waals surface area contributed by atoms with Crippen molar-refractivity contribution in [1.82, 2.24) is 0 Å². The highest BCUT2D eigenvalue weighted by Gasteiger charge is 2.31. The van der Waals surface area contributed by atoms with E-state index in [-0.39, 0.29) is 6.29 Å². The molecule has 17 heavy (non-hydrogen) atoms. The van der Waals surface area contributed by atoms with Gasteiger partial charge in [-0.25, -0.2) is 0 Å². The van der Waals surface area contributed by atoms with E-state index in [4.69, 9.17) is 12.2 Å². The summed E-state index contributed by atoms with van der Waals surface area (Å²) in [5.74, 6) is -0.943. The Kier molecular flexibility index (Phi) is 6.01. The highest BCUT2D eigenvalue weighted by molar-refractivity contribution is 5.74. The topological polar surface area (TPSA) is 150 Å². The first kappa shape index (κ1) is 14.0. The average Bonchev–Trinajstić information content (AvgIpc) is 2.40. The molecule has 8 nitrogen and oxygen atoms in total. The van der Waals surface area contributed by atoms with Crippen LogP contribution in [0.3, 0.4) is 0 Å². The smallest absolute Gasteiger partial charge is 0.322 e. The van der Waals surface area contributed by atoms with Crippen molar-refractivity contribution >= 4 is 12.3 Å². The monoisotopic (exact) mass is 252 g/mol. The quantitative estimate of drug-likeness (QED) is 0.231. The molecule has 0 bridgehead atoms. The predicted molar refractivity (Wildman–Crippen MR) is 54.7 cm³/mol. The molecule has 0 saturated heterocycles. The molecular weight excluding hydrogens is 234 g/mol. The second-order valence-corrected chi connectivity index (χ2v) is 3.41.